The van der Waals surface area contributed by atoms with E-state index >= 15 is 0 Å². The minimum Gasteiger partial charge on any atom is -0.467 e. The fourth-order valence-corrected chi connectivity index (χ4v) is 3.20. The Labute approximate surface area is 148 Å². The Balaban J connectivity index is 1.76. The van der Waals surface area contributed by atoms with Crippen molar-refractivity contribution in [2.75, 3.05) is 5.32 Å². The van der Waals surface area contributed by atoms with Crippen LogP contribution in [0.25, 0.3) is 0 Å². The molecule has 0 bridgehead atoms. The van der Waals surface area contributed by atoms with Crippen molar-refractivity contribution in [3.05, 3.63) is 88.3 Å². The van der Waals surface area contributed by atoms with Crippen LogP contribution < -0.4 is 5.32 Å². The highest BCUT2D eigenvalue weighted by Crippen LogP contribution is 2.34. The minimum atomic E-state index is -0.245. The van der Waals surface area contributed by atoms with Gasteiger partial charge >= 0.3 is 0 Å². The molecule has 3 aromatic rings. The van der Waals surface area contributed by atoms with Crippen LogP contribution in [-0.2, 0) is 6.54 Å². The van der Waals surface area contributed by atoms with Gasteiger partial charge in [-0.05, 0) is 42.0 Å². The number of rotatable bonds is 3. The van der Waals surface area contributed by atoms with Crippen LogP contribution in [-0.4, -0.2) is 10.8 Å². The summed E-state index contributed by atoms with van der Waals surface area (Å²) in [5, 5.41) is 3.47. The number of nitrogens with zero attached hydrogens (tertiary/aromatic N) is 1. The fourth-order valence-electron chi connectivity index (χ4n) is 2.93. The minimum absolute atomic E-state index is 0.00586. The average Bonchev–Trinajstić information content (AvgIpc) is 3.11. The van der Waals surface area contributed by atoms with Crippen LogP contribution in [0.2, 0.25) is 0 Å². The molecule has 2 aromatic carbocycles. The van der Waals surface area contributed by atoms with Gasteiger partial charge in [-0.1, -0.05) is 40.2 Å². The van der Waals surface area contributed by atoms with Gasteiger partial charge in [0.25, 0.3) is 5.91 Å². The van der Waals surface area contributed by atoms with E-state index in [1.54, 1.807) is 11.2 Å². The number of nitrogens with one attached hydrogen (secondary N) is 1. The summed E-state index contributed by atoms with van der Waals surface area (Å²) in [4.78, 5) is 14.8. The second kappa shape index (κ2) is 6.17. The Morgan fingerprint density at radius 3 is 2.58 bits per heavy atom. The number of fused-ring (bicyclic) bond motifs is 1. The lowest BCUT2D eigenvalue weighted by Crippen LogP contribution is -2.42. The maximum atomic E-state index is 13.0. The molecule has 120 valence electrons. The number of hydrogen-bond donors (Lipinski definition) is 1. The summed E-state index contributed by atoms with van der Waals surface area (Å²) in [6.07, 6.45) is 1.38. The number of carbonyl (C=O) groups excluding carboxylic acids is 1. The number of carbonyl (C=O) groups is 1. The van der Waals surface area contributed by atoms with Crippen LogP contribution in [0.15, 0.2) is 75.8 Å². The maximum Gasteiger partial charge on any atom is 0.258 e. The van der Waals surface area contributed by atoms with Crippen molar-refractivity contribution in [2.24, 2.45) is 0 Å². The Morgan fingerprint density at radius 1 is 1.04 bits per heavy atom. The van der Waals surface area contributed by atoms with Gasteiger partial charge in [0, 0.05) is 10.2 Å². The van der Waals surface area contributed by atoms with Gasteiger partial charge in [0.05, 0.1) is 18.4 Å². The number of benzene rings is 2. The van der Waals surface area contributed by atoms with E-state index in [9.17, 15) is 4.79 Å². The van der Waals surface area contributed by atoms with Crippen molar-refractivity contribution >= 4 is 27.5 Å². The van der Waals surface area contributed by atoms with E-state index in [-0.39, 0.29) is 12.1 Å². The van der Waals surface area contributed by atoms with Gasteiger partial charge in [0.2, 0.25) is 0 Å². The fraction of sp³-hybridized carbons (Fsp3) is 0.105. The highest BCUT2D eigenvalue weighted by molar-refractivity contribution is 9.10. The van der Waals surface area contributed by atoms with Gasteiger partial charge in [0.1, 0.15) is 11.9 Å². The molecule has 0 saturated carbocycles. The summed E-state index contributed by atoms with van der Waals surface area (Å²) in [7, 11) is 0. The van der Waals surface area contributed by atoms with Gasteiger partial charge in [-0.25, -0.2) is 0 Å². The van der Waals surface area contributed by atoms with E-state index in [2.05, 4.69) is 21.2 Å². The molecule has 2 heterocycles. The Kier molecular flexibility index (Phi) is 3.86. The molecule has 0 fully saturated rings. The predicted octanol–water partition coefficient (Wildman–Crippen LogP) is 4.81. The zero-order chi connectivity index (χ0) is 16.5. The molecular formula is C19H15BrN2O2. The van der Waals surface area contributed by atoms with Gasteiger partial charge in [-0.3, -0.25) is 4.79 Å². The van der Waals surface area contributed by atoms with E-state index in [4.69, 9.17) is 4.42 Å². The first-order valence-electron chi connectivity index (χ1n) is 7.67. The molecule has 1 aromatic heterocycles. The molecule has 4 rings (SSSR count). The molecular weight excluding hydrogens is 368 g/mol. The van der Waals surface area contributed by atoms with Gasteiger partial charge in [-0.15, -0.1) is 0 Å². The summed E-state index contributed by atoms with van der Waals surface area (Å²) in [6, 6.07) is 19.3. The molecule has 0 spiro atoms. The van der Waals surface area contributed by atoms with Crippen LogP contribution in [0.5, 0.6) is 0 Å². The van der Waals surface area contributed by atoms with Crippen LogP contribution in [0.3, 0.4) is 0 Å². The highest BCUT2D eigenvalue weighted by Gasteiger charge is 2.33. The predicted molar refractivity (Wildman–Crippen MR) is 95.5 cm³/mol. The highest BCUT2D eigenvalue weighted by atomic mass is 79.9. The lowest BCUT2D eigenvalue weighted by Gasteiger charge is -2.37. The molecule has 1 amide bonds. The van der Waals surface area contributed by atoms with Crippen molar-refractivity contribution in [1.82, 2.24) is 4.90 Å². The van der Waals surface area contributed by atoms with Gasteiger partial charge < -0.3 is 14.6 Å². The zero-order valence-corrected chi connectivity index (χ0v) is 14.4. The quantitative estimate of drug-likeness (QED) is 0.706. The smallest absolute Gasteiger partial charge is 0.258 e. The molecule has 5 heteroatoms. The van der Waals surface area contributed by atoms with Crippen LogP contribution in [0.1, 0.15) is 27.8 Å². The first-order valence-corrected chi connectivity index (χ1v) is 8.46. The summed E-state index contributed by atoms with van der Waals surface area (Å²) in [6.45, 7) is 0.411. The standard InChI is InChI=1S/C19H15BrN2O2/c20-14-9-7-13(8-10-14)18-21-17-6-2-1-5-16(17)19(23)22(18)12-15-4-3-11-24-15/h1-11,18,21H,12H2/t18-/m0/s1. The van der Waals surface area contributed by atoms with Crippen molar-refractivity contribution in [2.45, 2.75) is 12.7 Å². The van der Waals surface area contributed by atoms with E-state index in [1.807, 2.05) is 60.7 Å². The lowest BCUT2D eigenvalue weighted by atomic mass is 10.0. The van der Waals surface area contributed by atoms with Crippen LogP contribution >= 0.6 is 15.9 Å². The van der Waals surface area contributed by atoms with E-state index < -0.39 is 0 Å². The molecule has 0 saturated heterocycles. The van der Waals surface area contributed by atoms with Crippen molar-refractivity contribution < 1.29 is 9.21 Å². The molecule has 0 radical (unpaired) electrons. The molecule has 1 N–H and O–H groups in total. The first kappa shape index (κ1) is 15.0. The number of hydrogen-bond acceptors (Lipinski definition) is 3. The Morgan fingerprint density at radius 2 is 1.83 bits per heavy atom. The van der Waals surface area contributed by atoms with Gasteiger partial charge in [0.15, 0.2) is 0 Å². The molecule has 1 aliphatic rings. The number of para-hydroxylation sites is 1. The second-order valence-electron chi connectivity index (χ2n) is 5.66. The first-order chi connectivity index (χ1) is 11.7. The summed E-state index contributed by atoms with van der Waals surface area (Å²) < 4.78 is 6.45. The van der Waals surface area contributed by atoms with E-state index in [0.717, 1.165) is 21.5 Å². The number of amides is 1. The number of furan rings is 1. The second-order valence-corrected chi connectivity index (χ2v) is 6.57. The molecule has 24 heavy (non-hydrogen) atoms. The number of anilines is 1. The molecule has 1 aliphatic heterocycles. The van der Waals surface area contributed by atoms with Gasteiger partial charge in [-0.2, -0.15) is 0 Å². The van der Waals surface area contributed by atoms with Crippen molar-refractivity contribution in [3.8, 4) is 0 Å². The van der Waals surface area contributed by atoms with E-state index in [0.29, 0.717) is 12.1 Å². The maximum absolute atomic E-state index is 13.0. The Bertz CT molecular complexity index is 859. The zero-order valence-electron chi connectivity index (χ0n) is 12.8. The van der Waals surface area contributed by atoms with E-state index in [1.165, 1.54) is 0 Å². The monoisotopic (exact) mass is 382 g/mol. The van der Waals surface area contributed by atoms with Crippen molar-refractivity contribution in [1.29, 1.82) is 0 Å². The Hall–Kier alpha value is -2.53. The largest absolute Gasteiger partial charge is 0.467 e. The van der Waals surface area contributed by atoms with Crippen molar-refractivity contribution in [3.63, 3.8) is 0 Å². The third kappa shape index (κ3) is 2.71. The number of halogens is 1. The normalized spacial score (nSPS) is 16.6. The third-order valence-electron chi connectivity index (χ3n) is 4.11. The molecule has 4 nitrogen and oxygen atoms in total. The molecule has 0 aliphatic carbocycles. The summed E-state index contributed by atoms with van der Waals surface area (Å²) in [5.74, 6) is 0.750. The molecule has 0 unspecified atom stereocenters. The SMILES string of the molecule is O=C1c2ccccc2N[C@H](c2ccc(Br)cc2)N1Cc1ccco1. The topological polar surface area (TPSA) is 45.5 Å². The average molecular weight is 383 g/mol. The summed E-state index contributed by atoms with van der Waals surface area (Å²) in [5.41, 5.74) is 2.55. The lowest BCUT2D eigenvalue weighted by molar-refractivity contribution is 0.0651. The molecule has 1 atom stereocenters. The van der Waals surface area contributed by atoms with Crippen LogP contribution in [0, 0.1) is 0 Å². The summed E-state index contributed by atoms with van der Waals surface area (Å²) >= 11 is 3.45. The third-order valence-corrected chi connectivity index (χ3v) is 4.64. The van der Waals surface area contributed by atoms with Crippen LogP contribution in [0.4, 0.5) is 5.69 Å².